The minimum absolute atomic E-state index is 0.399. The summed E-state index contributed by atoms with van der Waals surface area (Å²) in [6.07, 6.45) is 0. The summed E-state index contributed by atoms with van der Waals surface area (Å²) >= 11 is 0.399. The standard InChI is InChI=1S/C18H14Se/c1-3-7-15(8-4-1)16-11-13-18(14-12-16)19-17-9-5-2-6-10-17/h1-14H. The van der Waals surface area contributed by atoms with Crippen LogP contribution >= 0.6 is 0 Å². The van der Waals surface area contributed by atoms with E-state index >= 15 is 0 Å². The molecule has 0 nitrogen and oxygen atoms in total. The Kier molecular flexibility index (Phi) is 3.78. The maximum atomic E-state index is 2.25. The van der Waals surface area contributed by atoms with Crippen LogP contribution in [0.3, 0.4) is 0 Å². The van der Waals surface area contributed by atoms with Crippen molar-refractivity contribution in [2.75, 3.05) is 0 Å². The fraction of sp³-hybridized carbons (Fsp3) is 0. The van der Waals surface area contributed by atoms with E-state index in [0.29, 0.717) is 15.0 Å². The molecule has 0 aromatic heterocycles. The first-order valence-electron chi connectivity index (χ1n) is 6.30. The van der Waals surface area contributed by atoms with E-state index in [-0.39, 0.29) is 0 Å². The van der Waals surface area contributed by atoms with Gasteiger partial charge in [0.2, 0.25) is 0 Å². The zero-order chi connectivity index (χ0) is 12.9. The molecule has 0 atom stereocenters. The van der Waals surface area contributed by atoms with Crippen LogP contribution < -0.4 is 8.92 Å². The fourth-order valence-electron chi connectivity index (χ4n) is 1.97. The monoisotopic (exact) mass is 310 g/mol. The van der Waals surface area contributed by atoms with E-state index < -0.39 is 0 Å². The summed E-state index contributed by atoms with van der Waals surface area (Å²) in [5.41, 5.74) is 2.56. The summed E-state index contributed by atoms with van der Waals surface area (Å²) in [4.78, 5) is 0. The average Bonchev–Trinajstić information content (AvgIpc) is 2.50. The van der Waals surface area contributed by atoms with Gasteiger partial charge in [0.05, 0.1) is 0 Å². The van der Waals surface area contributed by atoms with Crippen molar-refractivity contribution >= 4 is 23.9 Å². The molecule has 92 valence electrons. The second-order valence-corrected chi connectivity index (χ2v) is 6.71. The zero-order valence-electron chi connectivity index (χ0n) is 10.5. The molecule has 0 saturated heterocycles. The van der Waals surface area contributed by atoms with Gasteiger partial charge in [-0.25, -0.2) is 0 Å². The van der Waals surface area contributed by atoms with Gasteiger partial charge < -0.3 is 0 Å². The Hall–Kier alpha value is -1.82. The molecule has 0 unspecified atom stereocenters. The van der Waals surface area contributed by atoms with Crippen molar-refractivity contribution in [2.24, 2.45) is 0 Å². The molecule has 0 aliphatic carbocycles. The Morgan fingerprint density at radius 3 is 1.53 bits per heavy atom. The molecular weight excluding hydrogens is 295 g/mol. The predicted octanol–water partition coefficient (Wildman–Crippen LogP) is 3.01. The second-order valence-electron chi connectivity index (χ2n) is 4.31. The van der Waals surface area contributed by atoms with Gasteiger partial charge in [-0.2, -0.15) is 0 Å². The topological polar surface area (TPSA) is 0 Å². The Balaban J connectivity index is 1.80. The molecule has 0 fully saturated rings. The van der Waals surface area contributed by atoms with E-state index in [2.05, 4.69) is 84.9 Å². The summed E-state index contributed by atoms with van der Waals surface area (Å²) in [7, 11) is 0. The first kappa shape index (κ1) is 12.2. The van der Waals surface area contributed by atoms with Crippen molar-refractivity contribution in [3.63, 3.8) is 0 Å². The normalized spacial score (nSPS) is 10.3. The zero-order valence-corrected chi connectivity index (χ0v) is 12.2. The van der Waals surface area contributed by atoms with Crippen molar-refractivity contribution in [3.8, 4) is 11.1 Å². The Labute approximate surface area is 120 Å². The second kappa shape index (κ2) is 5.88. The molecule has 0 N–H and O–H groups in total. The summed E-state index contributed by atoms with van der Waals surface area (Å²) in [5, 5.41) is 0. The van der Waals surface area contributed by atoms with Gasteiger partial charge in [-0.3, -0.25) is 0 Å². The molecule has 3 aromatic carbocycles. The molecule has 0 spiro atoms. The van der Waals surface area contributed by atoms with Gasteiger partial charge in [0.15, 0.2) is 0 Å². The summed E-state index contributed by atoms with van der Waals surface area (Å²) < 4.78 is 2.83. The van der Waals surface area contributed by atoms with Crippen LogP contribution in [0.2, 0.25) is 0 Å². The molecule has 19 heavy (non-hydrogen) atoms. The molecule has 0 amide bonds. The molecule has 0 radical (unpaired) electrons. The van der Waals surface area contributed by atoms with Crippen molar-refractivity contribution < 1.29 is 0 Å². The van der Waals surface area contributed by atoms with Crippen LogP contribution in [0, 0.1) is 0 Å². The predicted molar refractivity (Wildman–Crippen MR) is 83.3 cm³/mol. The third kappa shape index (κ3) is 3.14. The molecule has 0 heterocycles. The SMILES string of the molecule is c1ccc([Se]c2ccc(-c3ccccc3)cc2)cc1. The maximum absolute atomic E-state index is 2.25. The molecule has 1 heteroatoms. The van der Waals surface area contributed by atoms with Crippen LogP contribution in [0.25, 0.3) is 11.1 Å². The number of benzene rings is 3. The molecule has 0 aliphatic rings. The quantitative estimate of drug-likeness (QED) is 0.653. The molecular formula is C18H14Se. The third-order valence-corrected chi connectivity index (χ3v) is 5.07. The summed E-state index contributed by atoms with van der Waals surface area (Å²) in [6, 6.07) is 30.1. The van der Waals surface area contributed by atoms with E-state index in [0.717, 1.165) is 0 Å². The molecule has 0 aliphatic heterocycles. The van der Waals surface area contributed by atoms with Gasteiger partial charge >= 0.3 is 120 Å². The Bertz CT molecular complexity index is 628. The number of rotatable bonds is 3. The third-order valence-electron chi connectivity index (χ3n) is 2.94. The molecule has 0 saturated carbocycles. The van der Waals surface area contributed by atoms with Crippen LogP contribution in [0.1, 0.15) is 0 Å². The van der Waals surface area contributed by atoms with Gasteiger partial charge in [-0.15, -0.1) is 0 Å². The number of hydrogen-bond donors (Lipinski definition) is 0. The van der Waals surface area contributed by atoms with E-state index in [1.54, 1.807) is 0 Å². The molecule has 3 aromatic rings. The van der Waals surface area contributed by atoms with Crippen molar-refractivity contribution in [1.82, 2.24) is 0 Å². The first-order chi connectivity index (χ1) is 9.42. The van der Waals surface area contributed by atoms with Crippen molar-refractivity contribution in [3.05, 3.63) is 84.9 Å². The molecule has 3 rings (SSSR count). The Morgan fingerprint density at radius 1 is 0.421 bits per heavy atom. The van der Waals surface area contributed by atoms with Crippen LogP contribution in [0.4, 0.5) is 0 Å². The van der Waals surface area contributed by atoms with E-state index in [4.69, 9.17) is 0 Å². The van der Waals surface area contributed by atoms with Gasteiger partial charge in [0.1, 0.15) is 0 Å². The van der Waals surface area contributed by atoms with Crippen LogP contribution in [0.15, 0.2) is 84.9 Å². The minimum atomic E-state index is 0.399. The van der Waals surface area contributed by atoms with Gasteiger partial charge in [0, 0.05) is 0 Å². The summed E-state index contributed by atoms with van der Waals surface area (Å²) in [5.74, 6) is 0. The van der Waals surface area contributed by atoms with Crippen molar-refractivity contribution in [2.45, 2.75) is 0 Å². The van der Waals surface area contributed by atoms with E-state index in [1.165, 1.54) is 20.1 Å². The van der Waals surface area contributed by atoms with Gasteiger partial charge in [-0.05, 0) is 0 Å². The van der Waals surface area contributed by atoms with Crippen molar-refractivity contribution in [1.29, 1.82) is 0 Å². The average molecular weight is 309 g/mol. The molecule has 0 bridgehead atoms. The van der Waals surface area contributed by atoms with Crippen LogP contribution in [0.5, 0.6) is 0 Å². The Morgan fingerprint density at radius 2 is 0.895 bits per heavy atom. The summed E-state index contributed by atoms with van der Waals surface area (Å²) in [6.45, 7) is 0. The number of hydrogen-bond acceptors (Lipinski definition) is 0. The van der Waals surface area contributed by atoms with E-state index in [9.17, 15) is 0 Å². The van der Waals surface area contributed by atoms with E-state index in [1.807, 2.05) is 0 Å². The van der Waals surface area contributed by atoms with Gasteiger partial charge in [-0.1, -0.05) is 0 Å². The first-order valence-corrected chi connectivity index (χ1v) is 8.01. The van der Waals surface area contributed by atoms with Crippen LogP contribution in [-0.2, 0) is 0 Å². The van der Waals surface area contributed by atoms with Gasteiger partial charge in [0.25, 0.3) is 0 Å². The fourth-order valence-corrected chi connectivity index (χ4v) is 3.73. The van der Waals surface area contributed by atoms with Crippen LogP contribution in [-0.4, -0.2) is 15.0 Å².